The van der Waals surface area contributed by atoms with E-state index >= 15 is 0 Å². The fourth-order valence-corrected chi connectivity index (χ4v) is 8.27. The zero-order chi connectivity index (χ0) is 27.2. The van der Waals surface area contributed by atoms with Crippen LogP contribution in [-0.2, 0) is 18.3 Å². The number of phenols is 2. The lowest BCUT2D eigenvalue weighted by Gasteiger charge is -2.49. The molecular weight excluding hydrogens is 476 g/mol. The lowest BCUT2D eigenvalue weighted by molar-refractivity contribution is 0.158. The van der Waals surface area contributed by atoms with Gasteiger partial charge in [0.2, 0.25) is 0 Å². The van der Waals surface area contributed by atoms with Crippen molar-refractivity contribution in [2.45, 2.75) is 71.1 Å². The highest BCUT2D eigenvalue weighted by atomic mass is 16.3. The van der Waals surface area contributed by atoms with Crippen molar-refractivity contribution in [1.29, 1.82) is 0 Å². The highest BCUT2D eigenvalue weighted by Gasteiger charge is 2.63. The quantitative estimate of drug-likeness (QED) is 0.258. The third kappa shape index (κ3) is 4.25. The van der Waals surface area contributed by atoms with E-state index in [4.69, 9.17) is 0 Å². The molecule has 0 aromatic heterocycles. The zero-order valence-corrected chi connectivity index (χ0v) is 23.5. The van der Waals surface area contributed by atoms with Crippen LogP contribution < -0.4 is 0 Å². The summed E-state index contributed by atoms with van der Waals surface area (Å²) in [6.45, 7) is 6.61. The topological polar surface area (TPSA) is 40.5 Å². The summed E-state index contributed by atoms with van der Waals surface area (Å²) >= 11 is 0. The Bertz CT molecular complexity index is 1390. The summed E-state index contributed by atoms with van der Waals surface area (Å²) in [7, 11) is 0. The minimum Gasteiger partial charge on any atom is -0.507 e. The number of fused-ring (bicyclic) bond motifs is 2. The van der Waals surface area contributed by atoms with Crippen molar-refractivity contribution in [3.05, 3.63) is 129 Å². The third-order valence-corrected chi connectivity index (χ3v) is 9.95. The second kappa shape index (κ2) is 9.90. The number of rotatable bonds is 7. The Morgan fingerprint density at radius 3 is 1.62 bits per heavy atom. The summed E-state index contributed by atoms with van der Waals surface area (Å²) in [6, 6.07) is 29.6. The average Bonchev–Trinajstić information content (AvgIpc) is 3.51. The molecule has 2 nitrogen and oxygen atoms in total. The first kappa shape index (κ1) is 25.7. The third-order valence-electron chi connectivity index (χ3n) is 9.95. The van der Waals surface area contributed by atoms with Gasteiger partial charge in [-0.25, -0.2) is 0 Å². The normalized spacial score (nSPS) is 21.4. The summed E-state index contributed by atoms with van der Waals surface area (Å²) in [5.41, 5.74) is 8.30. The van der Waals surface area contributed by atoms with Gasteiger partial charge in [-0.3, -0.25) is 0 Å². The Hall–Kier alpha value is -3.52. The van der Waals surface area contributed by atoms with E-state index in [0.29, 0.717) is 30.3 Å². The van der Waals surface area contributed by atoms with E-state index in [9.17, 15) is 10.2 Å². The molecule has 2 bridgehead atoms. The van der Waals surface area contributed by atoms with Crippen LogP contribution in [0, 0.1) is 25.2 Å². The van der Waals surface area contributed by atoms with E-state index in [2.05, 4.69) is 93.6 Å². The first-order chi connectivity index (χ1) is 18.8. The van der Waals surface area contributed by atoms with E-state index in [0.717, 1.165) is 47.9 Å². The zero-order valence-electron chi connectivity index (χ0n) is 23.5. The Balaban J connectivity index is 1.57. The standard InChI is InChI=1S/C37H40O2/c1-4-36-16-15-29(23-36)24-37(36,32-19-25(2)17-30(34(32)38)21-27-11-7-5-8-12-27)33-20-26(3)18-31(35(33)39)22-28-13-9-6-10-14-28/h5-14,17-20,29,38-39H,4,15-16,21-24H2,1-3H3. The molecule has 2 saturated carbocycles. The number of hydrogen-bond donors (Lipinski definition) is 2. The molecule has 0 spiro atoms. The number of aromatic hydroxyl groups is 2. The lowest BCUT2D eigenvalue weighted by Crippen LogP contribution is -2.43. The van der Waals surface area contributed by atoms with Crippen molar-refractivity contribution in [3.63, 3.8) is 0 Å². The first-order valence-electron chi connectivity index (χ1n) is 14.6. The SMILES string of the molecule is CCC12CCC(C1)CC2(c1cc(C)cc(Cc2ccccc2)c1O)c1cc(C)cc(Cc2ccccc2)c1O. The van der Waals surface area contributed by atoms with Crippen molar-refractivity contribution >= 4 is 0 Å². The Labute approximate surface area is 233 Å². The van der Waals surface area contributed by atoms with Gasteiger partial charge in [-0.15, -0.1) is 0 Å². The molecule has 4 aromatic rings. The van der Waals surface area contributed by atoms with Gasteiger partial charge in [-0.2, -0.15) is 0 Å². The highest BCUT2D eigenvalue weighted by Crippen LogP contribution is 2.71. The van der Waals surface area contributed by atoms with Gasteiger partial charge in [0.15, 0.2) is 0 Å². The van der Waals surface area contributed by atoms with Crippen molar-refractivity contribution in [1.82, 2.24) is 0 Å². The number of hydrogen-bond acceptors (Lipinski definition) is 2. The average molecular weight is 517 g/mol. The molecule has 2 atom stereocenters. The van der Waals surface area contributed by atoms with Crippen LogP contribution in [0.25, 0.3) is 0 Å². The smallest absolute Gasteiger partial charge is 0.123 e. The minimum absolute atomic E-state index is 0.0161. The number of aryl methyl sites for hydroxylation is 2. The summed E-state index contributed by atoms with van der Waals surface area (Å²) in [5.74, 6) is 1.44. The summed E-state index contributed by atoms with van der Waals surface area (Å²) < 4.78 is 0. The fourth-order valence-electron chi connectivity index (χ4n) is 8.27. The van der Waals surface area contributed by atoms with Crippen LogP contribution in [0.5, 0.6) is 11.5 Å². The maximum absolute atomic E-state index is 12.1. The molecule has 0 radical (unpaired) electrons. The van der Waals surface area contributed by atoms with Gasteiger partial charge in [-0.05, 0) is 79.5 Å². The van der Waals surface area contributed by atoms with Gasteiger partial charge in [0, 0.05) is 29.4 Å². The Morgan fingerprint density at radius 1 is 0.692 bits per heavy atom. The molecule has 2 aliphatic rings. The van der Waals surface area contributed by atoms with Crippen LogP contribution in [0.4, 0.5) is 0 Å². The molecule has 2 N–H and O–H groups in total. The number of phenolic OH excluding ortho intramolecular Hbond substituents is 2. The Morgan fingerprint density at radius 2 is 1.18 bits per heavy atom. The second-order valence-electron chi connectivity index (χ2n) is 12.3. The van der Waals surface area contributed by atoms with Crippen molar-refractivity contribution in [3.8, 4) is 11.5 Å². The number of benzene rings is 4. The van der Waals surface area contributed by atoms with Crippen molar-refractivity contribution in [2.24, 2.45) is 11.3 Å². The predicted octanol–water partition coefficient (Wildman–Crippen LogP) is 8.78. The van der Waals surface area contributed by atoms with Crippen molar-refractivity contribution in [2.75, 3.05) is 0 Å². The first-order valence-corrected chi connectivity index (χ1v) is 14.6. The highest BCUT2D eigenvalue weighted by molar-refractivity contribution is 5.61. The van der Waals surface area contributed by atoms with Gasteiger partial charge in [0.25, 0.3) is 0 Å². The van der Waals surface area contributed by atoms with E-state index in [1.54, 1.807) is 0 Å². The molecule has 6 rings (SSSR count). The van der Waals surface area contributed by atoms with E-state index in [1.807, 2.05) is 12.1 Å². The largest absolute Gasteiger partial charge is 0.507 e. The molecule has 39 heavy (non-hydrogen) atoms. The summed E-state index contributed by atoms with van der Waals surface area (Å²) in [4.78, 5) is 0. The molecule has 2 heteroatoms. The van der Waals surface area contributed by atoms with Crippen LogP contribution >= 0.6 is 0 Å². The summed E-state index contributed by atoms with van der Waals surface area (Å²) in [5, 5.41) is 24.2. The van der Waals surface area contributed by atoms with Crippen LogP contribution in [0.2, 0.25) is 0 Å². The molecule has 0 aliphatic heterocycles. The molecule has 2 unspecified atom stereocenters. The molecule has 4 aromatic carbocycles. The minimum atomic E-state index is -0.423. The van der Waals surface area contributed by atoms with Crippen molar-refractivity contribution < 1.29 is 10.2 Å². The van der Waals surface area contributed by atoms with Crippen LogP contribution in [0.3, 0.4) is 0 Å². The van der Waals surface area contributed by atoms with E-state index < -0.39 is 5.41 Å². The fraction of sp³-hybridized carbons (Fsp3) is 0.351. The molecular formula is C37H40O2. The van der Waals surface area contributed by atoms with Gasteiger partial charge in [0.1, 0.15) is 11.5 Å². The van der Waals surface area contributed by atoms with E-state index in [-0.39, 0.29) is 5.41 Å². The molecule has 200 valence electrons. The molecule has 0 heterocycles. The predicted molar refractivity (Wildman–Crippen MR) is 160 cm³/mol. The lowest BCUT2D eigenvalue weighted by atomic mass is 9.54. The van der Waals surface area contributed by atoms with E-state index in [1.165, 1.54) is 28.7 Å². The van der Waals surface area contributed by atoms with Crippen LogP contribution in [-0.4, -0.2) is 10.2 Å². The second-order valence-corrected chi connectivity index (χ2v) is 12.3. The van der Waals surface area contributed by atoms with Gasteiger partial charge in [-0.1, -0.05) is 103 Å². The van der Waals surface area contributed by atoms with Gasteiger partial charge >= 0.3 is 0 Å². The molecule has 0 amide bonds. The van der Waals surface area contributed by atoms with Gasteiger partial charge in [0.05, 0.1) is 0 Å². The molecule has 2 aliphatic carbocycles. The molecule has 2 fully saturated rings. The van der Waals surface area contributed by atoms with Gasteiger partial charge < -0.3 is 10.2 Å². The van der Waals surface area contributed by atoms with Crippen LogP contribution in [0.15, 0.2) is 84.9 Å². The Kier molecular flexibility index (Phi) is 6.53. The summed E-state index contributed by atoms with van der Waals surface area (Å²) in [6.07, 6.45) is 6.93. The maximum atomic E-state index is 12.1. The monoisotopic (exact) mass is 516 g/mol. The molecule has 0 saturated heterocycles. The van der Waals surface area contributed by atoms with Crippen LogP contribution in [0.1, 0.15) is 83.5 Å². The maximum Gasteiger partial charge on any atom is 0.123 e.